The highest BCUT2D eigenvalue weighted by molar-refractivity contribution is 6.62. The first-order chi connectivity index (χ1) is 10.1. The van der Waals surface area contributed by atoms with Gasteiger partial charge in [0.1, 0.15) is 6.07 Å². The fourth-order valence-corrected chi connectivity index (χ4v) is 2.32. The van der Waals surface area contributed by atoms with Gasteiger partial charge < -0.3 is 14.0 Å². The maximum absolute atomic E-state index is 11.9. The van der Waals surface area contributed by atoms with E-state index in [1.54, 1.807) is 12.1 Å². The van der Waals surface area contributed by atoms with Gasteiger partial charge in [-0.25, -0.2) is 4.79 Å². The minimum atomic E-state index is -0.582. The molecule has 1 aromatic rings. The van der Waals surface area contributed by atoms with Crippen molar-refractivity contribution >= 4 is 18.6 Å². The third-order valence-corrected chi connectivity index (χ3v) is 4.44. The molecule has 0 radical (unpaired) electrons. The van der Waals surface area contributed by atoms with Crippen LogP contribution in [0, 0.1) is 18.3 Å². The summed E-state index contributed by atoms with van der Waals surface area (Å²) < 4.78 is 16.8. The van der Waals surface area contributed by atoms with E-state index in [1.807, 2.05) is 40.7 Å². The summed E-state index contributed by atoms with van der Waals surface area (Å²) in [7, 11) is 0.707. The number of ether oxygens (including phenoxy) is 1. The van der Waals surface area contributed by atoms with Gasteiger partial charge >= 0.3 is 13.1 Å². The quantitative estimate of drug-likeness (QED) is 0.617. The lowest BCUT2D eigenvalue weighted by Gasteiger charge is -2.32. The van der Waals surface area contributed by atoms with Crippen LogP contribution < -0.4 is 5.46 Å². The van der Waals surface area contributed by atoms with E-state index in [2.05, 4.69) is 0 Å². The molecule has 0 unspecified atom stereocenters. The molecule has 1 heterocycles. The molecule has 5 nitrogen and oxygen atoms in total. The van der Waals surface area contributed by atoms with Crippen molar-refractivity contribution in [2.24, 2.45) is 0 Å². The normalized spacial score (nSPS) is 18.9. The molecular formula is C16H20BNO4. The van der Waals surface area contributed by atoms with Crippen molar-refractivity contribution < 1.29 is 18.8 Å². The van der Waals surface area contributed by atoms with Gasteiger partial charge in [-0.1, -0.05) is 0 Å². The first kappa shape index (κ1) is 16.5. The second-order valence-electron chi connectivity index (χ2n) is 6.45. The third kappa shape index (κ3) is 2.62. The predicted molar refractivity (Wildman–Crippen MR) is 82.9 cm³/mol. The van der Waals surface area contributed by atoms with Crippen LogP contribution in [0.3, 0.4) is 0 Å². The Labute approximate surface area is 131 Å². The van der Waals surface area contributed by atoms with Crippen molar-refractivity contribution in [3.05, 3.63) is 28.8 Å². The molecule has 1 aliphatic heterocycles. The van der Waals surface area contributed by atoms with E-state index >= 15 is 0 Å². The zero-order valence-electron chi connectivity index (χ0n) is 13.8. The van der Waals surface area contributed by atoms with E-state index < -0.39 is 24.3 Å². The Morgan fingerprint density at radius 2 is 1.77 bits per heavy atom. The Kier molecular flexibility index (Phi) is 4.07. The maximum atomic E-state index is 11.9. The molecule has 2 rings (SSSR count). The summed E-state index contributed by atoms with van der Waals surface area (Å²) in [5.74, 6) is -0.547. The molecule has 22 heavy (non-hydrogen) atoms. The van der Waals surface area contributed by atoms with Crippen LogP contribution >= 0.6 is 0 Å². The maximum Gasteiger partial charge on any atom is 0.495 e. The number of rotatable bonds is 2. The first-order valence-corrected chi connectivity index (χ1v) is 7.11. The van der Waals surface area contributed by atoms with Gasteiger partial charge in [0.05, 0.1) is 29.4 Å². The lowest BCUT2D eigenvalue weighted by Crippen LogP contribution is -2.41. The summed E-state index contributed by atoms with van der Waals surface area (Å²) in [6.45, 7) is 9.73. The van der Waals surface area contributed by atoms with E-state index in [-0.39, 0.29) is 11.1 Å². The highest BCUT2D eigenvalue weighted by atomic mass is 16.7. The highest BCUT2D eigenvalue weighted by Gasteiger charge is 2.52. The zero-order valence-corrected chi connectivity index (χ0v) is 13.8. The number of aryl methyl sites for hydroxylation is 1. The molecule has 1 aliphatic rings. The van der Waals surface area contributed by atoms with Gasteiger partial charge in [-0.3, -0.25) is 0 Å². The largest absolute Gasteiger partial charge is 0.495 e. The molecule has 0 amide bonds. The van der Waals surface area contributed by atoms with Gasteiger partial charge in [0, 0.05) is 0 Å². The van der Waals surface area contributed by atoms with Crippen molar-refractivity contribution in [2.75, 3.05) is 7.11 Å². The number of hydrogen-bond acceptors (Lipinski definition) is 5. The lowest BCUT2D eigenvalue weighted by atomic mass is 9.74. The number of hydrogen-bond donors (Lipinski definition) is 0. The van der Waals surface area contributed by atoms with Crippen LogP contribution in [0.1, 0.15) is 49.2 Å². The van der Waals surface area contributed by atoms with E-state index in [4.69, 9.17) is 14.0 Å². The number of carbonyl (C=O) groups excluding carboxylic acids is 1. The summed E-state index contributed by atoms with van der Waals surface area (Å²) in [4.78, 5) is 11.9. The van der Waals surface area contributed by atoms with Crippen LogP contribution in [-0.2, 0) is 14.0 Å². The number of benzene rings is 1. The van der Waals surface area contributed by atoms with E-state index in [9.17, 15) is 10.1 Å². The molecule has 6 heteroatoms. The highest BCUT2D eigenvalue weighted by Crippen LogP contribution is 2.36. The molecule has 116 valence electrons. The average molecular weight is 301 g/mol. The van der Waals surface area contributed by atoms with Crippen LogP contribution in [0.15, 0.2) is 12.1 Å². The Morgan fingerprint density at radius 3 is 2.23 bits per heavy atom. The first-order valence-electron chi connectivity index (χ1n) is 7.11. The van der Waals surface area contributed by atoms with E-state index in [1.165, 1.54) is 7.11 Å². The van der Waals surface area contributed by atoms with Crippen LogP contribution in [0.5, 0.6) is 0 Å². The molecule has 1 fully saturated rings. The molecule has 0 spiro atoms. The van der Waals surface area contributed by atoms with Gasteiger partial charge in [0.2, 0.25) is 0 Å². The molecular weight excluding hydrogens is 281 g/mol. The minimum absolute atomic E-state index is 0.223. The average Bonchev–Trinajstić information content (AvgIpc) is 2.65. The standard InChI is InChI=1S/C16H20BNO4/c1-10-7-11(9-18)12(14(19)20-6)8-13(10)17-21-15(2,3)16(4,5)22-17/h7-8H,1-6H3. The Balaban J connectivity index is 2.50. The Bertz CT molecular complexity index is 645. The minimum Gasteiger partial charge on any atom is -0.465 e. The van der Waals surface area contributed by atoms with Crippen LogP contribution in [0.4, 0.5) is 0 Å². The third-order valence-electron chi connectivity index (χ3n) is 4.44. The molecule has 0 aromatic heterocycles. The van der Waals surface area contributed by atoms with Crippen LogP contribution in [0.25, 0.3) is 0 Å². The van der Waals surface area contributed by atoms with Gasteiger partial charge in [-0.15, -0.1) is 0 Å². The summed E-state index contributed by atoms with van der Waals surface area (Å²) in [6.07, 6.45) is 0. The monoisotopic (exact) mass is 301 g/mol. The van der Waals surface area contributed by atoms with Gasteiger partial charge in [-0.05, 0) is 57.8 Å². The smallest absolute Gasteiger partial charge is 0.465 e. The second-order valence-corrected chi connectivity index (χ2v) is 6.45. The number of esters is 1. The van der Waals surface area contributed by atoms with Crippen molar-refractivity contribution in [1.82, 2.24) is 0 Å². The summed E-state index contributed by atoms with van der Waals surface area (Å²) >= 11 is 0. The van der Waals surface area contributed by atoms with Crippen molar-refractivity contribution in [3.8, 4) is 6.07 Å². The number of nitrogens with zero attached hydrogens (tertiary/aromatic N) is 1. The van der Waals surface area contributed by atoms with Crippen LogP contribution in [0.2, 0.25) is 0 Å². The molecule has 1 aromatic carbocycles. The van der Waals surface area contributed by atoms with E-state index in [0.717, 1.165) is 11.0 Å². The van der Waals surface area contributed by atoms with Crippen molar-refractivity contribution in [1.29, 1.82) is 5.26 Å². The number of methoxy groups -OCH3 is 1. The fraction of sp³-hybridized carbons (Fsp3) is 0.500. The van der Waals surface area contributed by atoms with Crippen LogP contribution in [-0.4, -0.2) is 31.4 Å². The zero-order chi connectivity index (χ0) is 16.7. The SMILES string of the molecule is COC(=O)c1cc(B2OC(C)(C)C(C)(C)O2)c(C)cc1C#N. The van der Waals surface area contributed by atoms with Gasteiger partial charge in [-0.2, -0.15) is 5.26 Å². The lowest BCUT2D eigenvalue weighted by molar-refractivity contribution is 0.00578. The Hall–Kier alpha value is -1.84. The summed E-state index contributed by atoms with van der Waals surface area (Å²) in [5.41, 5.74) is 1.14. The van der Waals surface area contributed by atoms with Crippen molar-refractivity contribution in [2.45, 2.75) is 45.8 Å². The summed E-state index contributed by atoms with van der Waals surface area (Å²) in [5, 5.41) is 9.19. The molecule has 0 bridgehead atoms. The summed E-state index contributed by atoms with van der Waals surface area (Å²) in [6, 6.07) is 5.31. The van der Waals surface area contributed by atoms with Crippen molar-refractivity contribution in [3.63, 3.8) is 0 Å². The molecule has 1 saturated heterocycles. The Morgan fingerprint density at radius 1 is 1.23 bits per heavy atom. The topological polar surface area (TPSA) is 68.6 Å². The molecule has 0 aliphatic carbocycles. The molecule has 0 saturated carbocycles. The number of carbonyl (C=O) groups is 1. The fourth-order valence-electron chi connectivity index (χ4n) is 2.32. The number of nitriles is 1. The second kappa shape index (κ2) is 5.42. The van der Waals surface area contributed by atoms with E-state index in [0.29, 0.717) is 0 Å². The predicted octanol–water partition coefficient (Wildman–Crippen LogP) is 1.95. The molecule has 0 atom stereocenters. The van der Waals surface area contributed by atoms with Gasteiger partial charge in [0.15, 0.2) is 0 Å². The van der Waals surface area contributed by atoms with Gasteiger partial charge in [0.25, 0.3) is 0 Å². The molecule has 0 N–H and O–H groups in total.